The number of benzene rings is 1. The predicted octanol–water partition coefficient (Wildman–Crippen LogP) is 4.13. The molecule has 4 rings (SSSR count). The highest BCUT2D eigenvalue weighted by molar-refractivity contribution is 8.16. The quantitative estimate of drug-likeness (QED) is 0.584. The molecule has 3 heterocycles. The Morgan fingerprint density at radius 1 is 1.21 bits per heavy atom. The summed E-state index contributed by atoms with van der Waals surface area (Å²) in [5.41, 5.74) is 2.64. The van der Waals surface area contributed by atoms with Crippen LogP contribution >= 0.6 is 11.8 Å². The molecular formula is C24H25N3O5S. The van der Waals surface area contributed by atoms with E-state index in [0.717, 1.165) is 11.3 Å². The van der Waals surface area contributed by atoms with E-state index < -0.39 is 12.0 Å². The Bertz CT molecular complexity index is 1140. The molecule has 0 saturated heterocycles. The largest absolute Gasteiger partial charge is 0.496 e. The van der Waals surface area contributed by atoms with Crippen LogP contribution in [0.5, 0.6) is 5.75 Å². The van der Waals surface area contributed by atoms with Gasteiger partial charge >= 0.3 is 5.97 Å². The van der Waals surface area contributed by atoms with Crippen molar-refractivity contribution in [3.63, 3.8) is 0 Å². The second-order valence-electron chi connectivity index (χ2n) is 7.37. The molecule has 1 unspecified atom stereocenters. The topological polar surface area (TPSA) is 93.4 Å². The molecule has 33 heavy (non-hydrogen) atoms. The van der Waals surface area contributed by atoms with Crippen LogP contribution in [-0.2, 0) is 20.9 Å². The third-order valence-corrected chi connectivity index (χ3v) is 6.33. The second-order valence-corrected chi connectivity index (χ2v) is 8.21. The number of hydrogen-bond acceptors (Lipinski definition) is 8. The van der Waals surface area contributed by atoms with Crippen molar-refractivity contribution in [2.75, 3.05) is 14.2 Å². The number of para-hydroxylation sites is 1. The Labute approximate surface area is 196 Å². The number of amides is 1. The van der Waals surface area contributed by atoms with Crippen LogP contribution in [0.1, 0.15) is 37.1 Å². The lowest BCUT2D eigenvalue weighted by Crippen LogP contribution is -2.38. The van der Waals surface area contributed by atoms with Gasteiger partial charge in [-0.25, -0.2) is 9.79 Å². The summed E-state index contributed by atoms with van der Waals surface area (Å²) in [6, 6.07) is 10.6. The number of nitrogens with zero attached hydrogens (tertiary/aromatic N) is 2. The van der Waals surface area contributed by atoms with Crippen LogP contribution in [0.15, 0.2) is 74.4 Å². The van der Waals surface area contributed by atoms with Crippen molar-refractivity contribution in [2.24, 2.45) is 4.99 Å². The van der Waals surface area contributed by atoms with Gasteiger partial charge in [-0.1, -0.05) is 36.9 Å². The van der Waals surface area contributed by atoms with Crippen molar-refractivity contribution in [1.82, 2.24) is 10.2 Å². The maximum Gasteiger partial charge on any atom is 0.338 e. The van der Waals surface area contributed by atoms with Gasteiger partial charge in [0.15, 0.2) is 5.17 Å². The zero-order valence-corrected chi connectivity index (χ0v) is 19.5. The zero-order chi connectivity index (χ0) is 23.4. The molecule has 0 radical (unpaired) electrons. The summed E-state index contributed by atoms with van der Waals surface area (Å²) in [4.78, 5) is 32.3. The average molecular weight is 468 g/mol. The van der Waals surface area contributed by atoms with Crippen LogP contribution in [0.4, 0.5) is 0 Å². The van der Waals surface area contributed by atoms with E-state index in [0.29, 0.717) is 40.9 Å². The lowest BCUT2D eigenvalue weighted by molar-refractivity contribution is -0.136. The molecule has 172 valence electrons. The van der Waals surface area contributed by atoms with Crippen LogP contribution in [0.3, 0.4) is 0 Å². The molecule has 1 aromatic heterocycles. The van der Waals surface area contributed by atoms with Crippen LogP contribution in [0.2, 0.25) is 0 Å². The third kappa shape index (κ3) is 4.54. The number of furan rings is 1. The summed E-state index contributed by atoms with van der Waals surface area (Å²) in [7, 11) is 2.95. The van der Waals surface area contributed by atoms with E-state index in [1.165, 1.54) is 18.9 Å². The number of carbonyl (C=O) groups excluding carboxylic acids is 2. The van der Waals surface area contributed by atoms with Gasteiger partial charge < -0.3 is 24.1 Å². The monoisotopic (exact) mass is 467 g/mol. The van der Waals surface area contributed by atoms with Crippen LogP contribution in [-0.4, -0.2) is 36.2 Å². The minimum absolute atomic E-state index is 0.119. The molecular weight excluding hydrogens is 442 g/mol. The summed E-state index contributed by atoms with van der Waals surface area (Å²) in [6.07, 6.45) is 2.25. The minimum atomic E-state index is -0.532. The first-order chi connectivity index (χ1) is 16.1. The molecule has 8 nitrogen and oxygen atoms in total. The van der Waals surface area contributed by atoms with Crippen LogP contribution < -0.4 is 10.1 Å². The van der Waals surface area contributed by atoms with Gasteiger partial charge in [-0.15, -0.1) is 0 Å². The molecule has 9 heteroatoms. The Balaban J connectivity index is 1.69. The number of carbonyl (C=O) groups is 2. The Morgan fingerprint density at radius 3 is 2.73 bits per heavy atom. The number of nitrogens with one attached hydrogen (secondary N) is 1. The summed E-state index contributed by atoms with van der Waals surface area (Å²) in [6.45, 7) is 2.25. The van der Waals surface area contributed by atoms with Crippen LogP contribution in [0.25, 0.3) is 0 Å². The van der Waals surface area contributed by atoms with E-state index in [9.17, 15) is 9.59 Å². The highest BCUT2D eigenvalue weighted by atomic mass is 32.2. The van der Waals surface area contributed by atoms with Gasteiger partial charge in [-0.3, -0.25) is 4.79 Å². The lowest BCUT2D eigenvalue weighted by Gasteiger charge is -2.37. The van der Waals surface area contributed by atoms with E-state index in [4.69, 9.17) is 18.9 Å². The molecule has 2 aliphatic rings. The van der Waals surface area contributed by atoms with Gasteiger partial charge in [0.1, 0.15) is 11.5 Å². The summed E-state index contributed by atoms with van der Waals surface area (Å²) < 4.78 is 16.0. The molecule has 0 spiro atoms. The van der Waals surface area contributed by atoms with E-state index in [2.05, 4.69) is 5.32 Å². The van der Waals surface area contributed by atoms with E-state index in [1.54, 1.807) is 25.5 Å². The van der Waals surface area contributed by atoms with Crippen molar-refractivity contribution in [2.45, 2.75) is 32.4 Å². The molecule has 1 atom stereocenters. The molecule has 2 aliphatic heterocycles. The normalized spacial score (nSPS) is 17.3. The first-order valence-electron chi connectivity index (χ1n) is 10.5. The van der Waals surface area contributed by atoms with Crippen molar-refractivity contribution in [3.8, 4) is 5.75 Å². The predicted molar refractivity (Wildman–Crippen MR) is 125 cm³/mol. The SMILES string of the molecule is CCC1=C(C(=O)OC)C(c2ccccc2OC)N2C(CC(=O)NCc3ccco3)=CSC2=N1. The molecule has 1 aromatic carbocycles. The Morgan fingerprint density at radius 2 is 2.03 bits per heavy atom. The zero-order valence-electron chi connectivity index (χ0n) is 18.7. The molecule has 1 N–H and O–H groups in total. The molecule has 0 aliphatic carbocycles. The van der Waals surface area contributed by atoms with Gasteiger partial charge in [-0.05, 0) is 30.0 Å². The van der Waals surface area contributed by atoms with Crippen molar-refractivity contribution < 1.29 is 23.5 Å². The number of esters is 1. The van der Waals surface area contributed by atoms with E-state index in [1.807, 2.05) is 41.5 Å². The summed E-state index contributed by atoms with van der Waals surface area (Å²) in [5.74, 6) is 0.695. The van der Waals surface area contributed by atoms with Gasteiger partial charge in [0.25, 0.3) is 0 Å². The molecule has 1 amide bonds. The smallest absolute Gasteiger partial charge is 0.338 e. The summed E-state index contributed by atoms with van der Waals surface area (Å²) >= 11 is 1.43. The van der Waals surface area contributed by atoms with Gasteiger partial charge in [0, 0.05) is 11.3 Å². The van der Waals surface area contributed by atoms with Crippen LogP contribution in [0, 0.1) is 0 Å². The first kappa shape index (κ1) is 22.7. The number of ether oxygens (including phenoxy) is 2. The second kappa shape index (κ2) is 9.99. The third-order valence-electron chi connectivity index (χ3n) is 5.44. The first-order valence-corrected chi connectivity index (χ1v) is 11.4. The van der Waals surface area contributed by atoms with Crippen molar-refractivity contribution >= 4 is 28.8 Å². The summed E-state index contributed by atoms with van der Waals surface area (Å²) in [5, 5.41) is 5.49. The Hall–Kier alpha value is -3.46. The van der Waals surface area contributed by atoms with E-state index in [-0.39, 0.29) is 12.3 Å². The lowest BCUT2D eigenvalue weighted by atomic mass is 9.92. The number of thioether (sulfide) groups is 1. The van der Waals surface area contributed by atoms with Gasteiger partial charge in [0.2, 0.25) is 5.91 Å². The van der Waals surface area contributed by atoms with Crippen molar-refractivity contribution in [3.05, 3.63) is 76.4 Å². The molecule has 2 aromatic rings. The maximum atomic E-state index is 12.9. The Kier molecular flexibility index (Phi) is 6.88. The number of methoxy groups -OCH3 is 2. The maximum absolute atomic E-state index is 12.9. The number of amidine groups is 1. The number of aliphatic imine (C=N–C) groups is 1. The van der Waals surface area contributed by atoms with Gasteiger partial charge in [-0.2, -0.15) is 0 Å². The fourth-order valence-corrected chi connectivity index (χ4v) is 4.86. The number of rotatable bonds is 8. The van der Waals surface area contributed by atoms with E-state index >= 15 is 0 Å². The fraction of sp³-hybridized carbons (Fsp3) is 0.292. The molecule has 0 bridgehead atoms. The number of hydrogen-bond donors (Lipinski definition) is 1. The highest BCUT2D eigenvalue weighted by Crippen LogP contribution is 2.47. The molecule has 0 saturated carbocycles. The average Bonchev–Trinajstić information content (AvgIpc) is 3.51. The molecule has 0 fully saturated rings. The number of allylic oxidation sites excluding steroid dienone is 1. The standard InChI is InChI=1S/C24H25N3O5S/c1-4-18-21(23(29)31-3)22(17-9-5-6-10-19(17)30-2)27-15(14-33-24(27)26-18)12-20(28)25-13-16-8-7-11-32-16/h5-11,14,22H,4,12-13H2,1-3H3,(H,25,28). The van der Waals surface area contributed by atoms with Gasteiger partial charge in [0.05, 0.1) is 50.8 Å². The highest BCUT2D eigenvalue weighted by Gasteiger charge is 2.42. The minimum Gasteiger partial charge on any atom is -0.496 e. The number of fused-ring (bicyclic) bond motifs is 1. The van der Waals surface area contributed by atoms with Crippen molar-refractivity contribution in [1.29, 1.82) is 0 Å². The fourth-order valence-electron chi connectivity index (χ4n) is 3.92.